The number of hydrogen-bond donors (Lipinski definition) is 1. The monoisotopic (exact) mass is 291 g/mol. The fourth-order valence-corrected chi connectivity index (χ4v) is 2.61. The normalized spacial score (nSPS) is 16.0. The van der Waals surface area contributed by atoms with Gasteiger partial charge in [0.05, 0.1) is 24.6 Å². The lowest BCUT2D eigenvalue weighted by molar-refractivity contribution is 0.157. The number of allylic oxidation sites excluding steroid dienone is 2. The number of rotatable bonds is 5. The molecule has 114 valence electrons. The molecule has 0 unspecified atom stereocenters. The van der Waals surface area contributed by atoms with Crippen molar-refractivity contribution < 1.29 is 13.9 Å². The first-order valence-corrected chi connectivity index (χ1v) is 7.28. The third-order valence-electron chi connectivity index (χ3n) is 3.44. The molecule has 1 heterocycles. The lowest BCUT2D eigenvalue weighted by Gasteiger charge is -2.31. The predicted molar refractivity (Wildman–Crippen MR) is 80.9 cm³/mol. The fraction of sp³-hybridized carbons (Fsp3) is 0.412. The molecule has 21 heavy (non-hydrogen) atoms. The Balaban J connectivity index is 2.50. The van der Waals surface area contributed by atoms with Gasteiger partial charge >= 0.3 is 0 Å². The molecule has 1 aliphatic heterocycles. The summed E-state index contributed by atoms with van der Waals surface area (Å²) in [4.78, 5) is 0. The lowest BCUT2D eigenvalue weighted by atomic mass is 9.90. The van der Waals surface area contributed by atoms with Crippen LogP contribution >= 0.6 is 0 Å². The second-order valence-electron chi connectivity index (χ2n) is 4.95. The number of benzene rings is 1. The minimum absolute atomic E-state index is 0.133. The Morgan fingerprint density at radius 2 is 1.43 bits per heavy atom. The van der Waals surface area contributed by atoms with Crippen molar-refractivity contribution in [2.24, 2.45) is 0 Å². The largest absolute Gasteiger partial charge is 0.495 e. The topological polar surface area (TPSA) is 30.5 Å². The molecular formula is C17H22FNO2. The molecule has 0 spiro atoms. The van der Waals surface area contributed by atoms with Gasteiger partial charge in [-0.1, -0.05) is 12.1 Å². The van der Waals surface area contributed by atoms with Crippen LogP contribution < -0.4 is 5.32 Å². The van der Waals surface area contributed by atoms with E-state index in [4.69, 9.17) is 9.47 Å². The van der Waals surface area contributed by atoms with E-state index in [0.29, 0.717) is 13.2 Å². The minimum Gasteiger partial charge on any atom is -0.495 e. The summed E-state index contributed by atoms with van der Waals surface area (Å²) in [5.41, 5.74) is 2.89. The van der Waals surface area contributed by atoms with Gasteiger partial charge in [-0.25, -0.2) is 4.39 Å². The van der Waals surface area contributed by atoms with Gasteiger partial charge in [-0.05, 0) is 45.4 Å². The Morgan fingerprint density at radius 3 is 1.86 bits per heavy atom. The van der Waals surface area contributed by atoms with E-state index in [1.165, 1.54) is 12.1 Å². The van der Waals surface area contributed by atoms with E-state index in [-0.39, 0.29) is 11.7 Å². The van der Waals surface area contributed by atoms with Crippen LogP contribution in [0.1, 0.15) is 39.2 Å². The van der Waals surface area contributed by atoms with Gasteiger partial charge in [0, 0.05) is 0 Å². The molecule has 0 saturated heterocycles. The highest BCUT2D eigenvalue weighted by molar-refractivity contribution is 5.41. The average molecular weight is 291 g/mol. The van der Waals surface area contributed by atoms with Gasteiger partial charge in [-0.3, -0.25) is 0 Å². The fourth-order valence-electron chi connectivity index (χ4n) is 2.61. The summed E-state index contributed by atoms with van der Waals surface area (Å²) in [6.45, 7) is 9.01. The van der Waals surface area contributed by atoms with Crippen LogP contribution in [0.3, 0.4) is 0 Å². The zero-order valence-corrected chi connectivity index (χ0v) is 13.0. The van der Waals surface area contributed by atoms with Crippen molar-refractivity contribution in [1.82, 2.24) is 5.32 Å². The minimum atomic E-state index is -0.245. The van der Waals surface area contributed by atoms with Crippen LogP contribution in [0.5, 0.6) is 0 Å². The van der Waals surface area contributed by atoms with Crippen LogP contribution in [0.25, 0.3) is 0 Å². The van der Waals surface area contributed by atoms with Crippen molar-refractivity contribution in [1.29, 1.82) is 0 Å². The molecule has 3 nitrogen and oxygen atoms in total. The number of nitrogens with one attached hydrogen (secondary N) is 1. The predicted octanol–water partition coefficient (Wildman–Crippen LogP) is 4.05. The van der Waals surface area contributed by atoms with E-state index in [1.807, 2.05) is 27.7 Å². The maximum atomic E-state index is 13.2. The highest BCUT2D eigenvalue weighted by Crippen LogP contribution is 2.38. The molecule has 0 amide bonds. The van der Waals surface area contributed by atoms with Gasteiger partial charge in [-0.15, -0.1) is 0 Å². The van der Waals surface area contributed by atoms with Gasteiger partial charge in [0.1, 0.15) is 23.3 Å². The van der Waals surface area contributed by atoms with E-state index < -0.39 is 0 Å². The van der Waals surface area contributed by atoms with Gasteiger partial charge in [0.2, 0.25) is 0 Å². The molecule has 1 aromatic rings. The molecule has 4 heteroatoms. The standard InChI is InChI=1S/C17H22FNO2/c1-5-20-16-11(3)19-12(4)17(21-6-2)15(16)13-7-9-14(18)10-8-13/h7-10,15,19H,5-6H2,1-4H3. The van der Waals surface area contributed by atoms with E-state index in [2.05, 4.69) is 5.32 Å². The molecule has 0 aliphatic carbocycles. The first-order chi connectivity index (χ1) is 10.1. The second-order valence-corrected chi connectivity index (χ2v) is 4.95. The first-order valence-electron chi connectivity index (χ1n) is 7.28. The lowest BCUT2D eigenvalue weighted by Crippen LogP contribution is -2.27. The second kappa shape index (κ2) is 6.66. The van der Waals surface area contributed by atoms with Gasteiger partial charge in [0.25, 0.3) is 0 Å². The summed E-state index contributed by atoms with van der Waals surface area (Å²) in [7, 11) is 0. The highest BCUT2D eigenvalue weighted by atomic mass is 19.1. The molecule has 0 radical (unpaired) electrons. The summed E-state index contributed by atoms with van der Waals surface area (Å²) in [5.74, 6) is 1.29. The zero-order chi connectivity index (χ0) is 15.4. The Morgan fingerprint density at radius 1 is 0.952 bits per heavy atom. The Bertz CT molecular complexity index is 533. The Labute approximate surface area is 125 Å². The molecule has 0 fully saturated rings. The van der Waals surface area contributed by atoms with E-state index >= 15 is 0 Å². The van der Waals surface area contributed by atoms with E-state index in [1.54, 1.807) is 12.1 Å². The van der Waals surface area contributed by atoms with Crippen molar-refractivity contribution in [2.45, 2.75) is 33.6 Å². The number of hydrogen-bond acceptors (Lipinski definition) is 3. The average Bonchev–Trinajstić information content (AvgIpc) is 2.46. The summed E-state index contributed by atoms with van der Waals surface area (Å²) >= 11 is 0. The number of dihydropyridines is 1. The molecule has 1 aliphatic rings. The van der Waals surface area contributed by atoms with Gasteiger partial charge in [0.15, 0.2) is 0 Å². The maximum absolute atomic E-state index is 13.2. The van der Waals surface area contributed by atoms with Crippen LogP contribution in [0.2, 0.25) is 0 Å². The van der Waals surface area contributed by atoms with Crippen molar-refractivity contribution in [3.8, 4) is 0 Å². The molecule has 1 aromatic carbocycles. The molecule has 2 rings (SSSR count). The van der Waals surface area contributed by atoms with Crippen molar-refractivity contribution >= 4 is 0 Å². The molecule has 0 saturated carbocycles. The van der Waals surface area contributed by atoms with Gasteiger partial charge < -0.3 is 14.8 Å². The highest BCUT2D eigenvalue weighted by Gasteiger charge is 2.31. The zero-order valence-electron chi connectivity index (χ0n) is 13.0. The molecule has 0 bridgehead atoms. The van der Waals surface area contributed by atoms with E-state index in [0.717, 1.165) is 28.5 Å². The molecular weight excluding hydrogens is 269 g/mol. The van der Waals surface area contributed by atoms with Gasteiger partial charge in [-0.2, -0.15) is 0 Å². The molecule has 1 N–H and O–H groups in total. The van der Waals surface area contributed by atoms with Crippen LogP contribution in [-0.2, 0) is 9.47 Å². The first kappa shape index (κ1) is 15.4. The van der Waals surface area contributed by atoms with Crippen LogP contribution in [0.4, 0.5) is 4.39 Å². The third-order valence-corrected chi connectivity index (χ3v) is 3.44. The number of ether oxygens (including phenoxy) is 2. The van der Waals surface area contributed by atoms with Crippen molar-refractivity contribution in [3.63, 3.8) is 0 Å². The molecule has 0 atom stereocenters. The van der Waals surface area contributed by atoms with Crippen LogP contribution in [-0.4, -0.2) is 13.2 Å². The number of halogens is 1. The third kappa shape index (κ3) is 3.20. The Hall–Kier alpha value is -1.97. The smallest absolute Gasteiger partial charge is 0.130 e. The summed E-state index contributed by atoms with van der Waals surface area (Å²) in [5, 5.41) is 3.30. The van der Waals surface area contributed by atoms with Crippen molar-refractivity contribution in [2.75, 3.05) is 13.2 Å². The molecule has 0 aromatic heterocycles. The quantitative estimate of drug-likeness (QED) is 0.888. The van der Waals surface area contributed by atoms with Crippen LogP contribution in [0.15, 0.2) is 47.2 Å². The SMILES string of the molecule is CCOC1=C(C)NC(C)=C(OCC)C1c1ccc(F)cc1. The van der Waals surface area contributed by atoms with Crippen LogP contribution in [0, 0.1) is 5.82 Å². The van der Waals surface area contributed by atoms with E-state index in [9.17, 15) is 4.39 Å². The maximum Gasteiger partial charge on any atom is 0.130 e. The summed E-state index contributed by atoms with van der Waals surface area (Å²) in [6.07, 6.45) is 0. The summed E-state index contributed by atoms with van der Waals surface area (Å²) in [6, 6.07) is 6.50. The Kier molecular flexibility index (Phi) is 4.89. The summed E-state index contributed by atoms with van der Waals surface area (Å²) < 4.78 is 24.9. The van der Waals surface area contributed by atoms with Crippen molar-refractivity contribution in [3.05, 3.63) is 58.6 Å².